The van der Waals surface area contributed by atoms with E-state index in [4.69, 9.17) is 4.74 Å². The summed E-state index contributed by atoms with van der Waals surface area (Å²) in [6.07, 6.45) is 2.72. The standard InChI is InChI=1S/C29H33F3N2O5/c1-39-20-4-5-24-21(15-20)26(19(17-35)16-33-24)25(36)6-7-29(28(37)38)8-11-34(12-9-29)10-2-3-18-13-22(30)27(32)23(31)14-18/h4-5,13-16,25,35-36H,2-3,6-12,17H2,1H3,(H,37,38)/t25-/m0/s1. The fraction of sp³-hybridized carbons (Fsp3) is 0.448. The van der Waals surface area contributed by atoms with E-state index in [1.54, 1.807) is 18.2 Å². The molecule has 0 bridgehead atoms. The highest BCUT2D eigenvalue weighted by molar-refractivity contribution is 5.85. The van der Waals surface area contributed by atoms with Crippen molar-refractivity contribution in [1.29, 1.82) is 0 Å². The summed E-state index contributed by atoms with van der Waals surface area (Å²) in [6, 6.07) is 7.27. The van der Waals surface area contributed by atoms with E-state index in [2.05, 4.69) is 9.88 Å². The molecule has 210 valence electrons. The molecule has 0 saturated carbocycles. The molecule has 1 aliphatic heterocycles. The van der Waals surface area contributed by atoms with Gasteiger partial charge in [0.2, 0.25) is 0 Å². The minimum atomic E-state index is -1.48. The van der Waals surface area contributed by atoms with E-state index in [-0.39, 0.29) is 19.4 Å². The van der Waals surface area contributed by atoms with Gasteiger partial charge in [0.1, 0.15) is 5.75 Å². The number of methoxy groups -OCH3 is 1. The van der Waals surface area contributed by atoms with Crippen molar-refractivity contribution < 1.29 is 38.0 Å². The fourth-order valence-corrected chi connectivity index (χ4v) is 5.47. The van der Waals surface area contributed by atoms with Gasteiger partial charge in [-0.2, -0.15) is 0 Å². The molecule has 1 saturated heterocycles. The molecule has 0 spiro atoms. The molecule has 0 radical (unpaired) electrons. The van der Waals surface area contributed by atoms with Crippen molar-refractivity contribution in [2.75, 3.05) is 26.7 Å². The van der Waals surface area contributed by atoms with E-state index < -0.39 is 34.9 Å². The molecule has 4 rings (SSSR count). The average Bonchev–Trinajstić information content (AvgIpc) is 2.94. The van der Waals surface area contributed by atoms with Gasteiger partial charge in [0.05, 0.1) is 30.8 Å². The van der Waals surface area contributed by atoms with Crippen molar-refractivity contribution in [2.24, 2.45) is 5.41 Å². The van der Waals surface area contributed by atoms with Crippen molar-refractivity contribution >= 4 is 16.9 Å². The zero-order valence-corrected chi connectivity index (χ0v) is 21.8. The molecule has 7 nitrogen and oxygen atoms in total. The first-order valence-electron chi connectivity index (χ1n) is 13.0. The molecule has 3 N–H and O–H groups in total. The number of ether oxygens (including phenoxy) is 1. The highest BCUT2D eigenvalue weighted by Crippen LogP contribution is 2.40. The van der Waals surface area contributed by atoms with Crippen LogP contribution in [0.3, 0.4) is 0 Å². The van der Waals surface area contributed by atoms with E-state index in [0.717, 1.165) is 12.1 Å². The van der Waals surface area contributed by atoms with Gasteiger partial charge < -0.3 is 25.0 Å². The Morgan fingerprint density at radius 1 is 1.15 bits per heavy atom. The SMILES string of the molecule is COc1ccc2ncc(CO)c([C@@H](O)CCC3(C(=O)O)CCN(CCCc4cc(F)c(F)c(F)c4)CC3)c2c1. The topological polar surface area (TPSA) is 103 Å². The van der Waals surface area contributed by atoms with Crippen LogP contribution in [-0.4, -0.2) is 57.9 Å². The molecule has 1 atom stereocenters. The lowest BCUT2D eigenvalue weighted by molar-refractivity contribution is -0.153. The number of nitrogens with zero attached hydrogens (tertiary/aromatic N) is 2. The summed E-state index contributed by atoms with van der Waals surface area (Å²) in [7, 11) is 1.53. The molecule has 2 heterocycles. The summed E-state index contributed by atoms with van der Waals surface area (Å²) in [4.78, 5) is 18.8. The van der Waals surface area contributed by atoms with Crippen LogP contribution in [0.15, 0.2) is 36.5 Å². The summed E-state index contributed by atoms with van der Waals surface area (Å²) < 4.78 is 45.4. The predicted molar refractivity (Wildman–Crippen MR) is 139 cm³/mol. The molecule has 1 aliphatic rings. The molecule has 0 amide bonds. The number of halogens is 3. The third kappa shape index (κ3) is 6.34. The number of benzene rings is 2. The predicted octanol–water partition coefficient (Wildman–Crippen LogP) is 4.77. The number of aryl methyl sites for hydroxylation is 1. The maximum atomic E-state index is 13.5. The number of aliphatic hydroxyl groups excluding tert-OH is 2. The number of pyridine rings is 1. The van der Waals surface area contributed by atoms with Crippen LogP contribution in [0.4, 0.5) is 13.2 Å². The smallest absolute Gasteiger partial charge is 0.309 e. The van der Waals surface area contributed by atoms with Gasteiger partial charge in [-0.25, -0.2) is 13.2 Å². The van der Waals surface area contributed by atoms with Gasteiger partial charge in [0, 0.05) is 17.1 Å². The molecular formula is C29H33F3N2O5. The number of carbonyl (C=O) groups is 1. The molecule has 3 aromatic rings. The second-order valence-corrected chi connectivity index (χ2v) is 10.2. The molecule has 2 aromatic carbocycles. The number of carboxylic acids is 1. The highest BCUT2D eigenvalue weighted by atomic mass is 19.2. The quantitative estimate of drug-likeness (QED) is 0.298. The van der Waals surface area contributed by atoms with Gasteiger partial charge in [-0.1, -0.05) is 0 Å². The van der Waals surface area contributed by atoms with Gasteiger partial charge in [-0.05, 0) is 99.6 Å². The first kappa shape index (κ1) is 28.8. The minimum absolute atomic E-state index is 0.192. The molecule has 1 aromatic heterocycles. The van der Waals surface area contributed by atoms with E-state index in [1.807, 2.05) is 0 Å². The van der Waals surface area contributed by atoms with Crippen LogP contribution >= 0.6 is 0 Å². The number of rotatable bonds is 11. The van der Waals surface area contributed by atoms with E-state index in [0.29, 0.717) is 78.7 Å². The molecular weight excluding hydrogens is 513 g/mol. The van der Waals surface area contributed by atoms with Crippen molar-refractivity contribution in [3.05, 3.63) is 70.7 Å². The summed E-state index contributed by atoms with van der Waals surface area (Å²) >= 11 is 0. The van der Waals surface area contributed by atoms with Crippen molar-refractivity contribution in [1.82, 2.24) is 9.88 Å². The monoisotopic (exact) mass is 546 g/mol. The Kier molecular flexibility index (Phi) is 9.09. The van der Waals surface area contributed by atoms with E-state index >= 15 is 0 Å². The number of hydrogen-bond acceptors (Lipinski definition) is 6. The third-order valence-electron chi connectivity index (χ3n) is 7.85. The number of fused-ring (bicyclic) bond motifs is 1. The molecule has 39 heavy (non-hydrogen) atoms. The summed E-state index contributed by atoms with van der Waals surface area (Å²) in [5.41, 5.74) is 1.01. The molecule has 10 heteroatoms. The van der Waals surface area contributed by atoms with Crippen LogP contribution in [0, 0.1) is 22.9 Å². The molecule has 0 aliphatic carbocycles. The number of hydrogen-bond donors (Lipinski definition) is 3. The highest BCUT2D eigenvalue weighted by Gasteiger charge is 2.41. The second kappa shape index (κ2) is 12.3. The fourth-order valence-electron chi connectivity index (χ4n) is 5.47. The number of aliphatic carboxylic acids is 1. The van der Waals surface area contributed by atoms with Crippen LogP contribution in [-0.2, 0) is 17.8 Å². The normalized spacial score (nSPS) is 16.4. The third-order valence-corrected chi connectivity index (χ3v) is 7.85. The summed E-state index contributed by atoms with van der Waals surface area (Å²) in [5, 5.41) is 31.9. The maximum absolute atomic E-state index is 13.5. The van der Waals surface area contributed by atoms with Gasteiger partial charge in [0.15, 0.2) is 17.5 Å². The number of carboxylic acid groups (broad SMARTS) is 1. The van der Waals surface area contributed by atoms with Crippen LogP contribution in [0.5, 0.6) is 5.75 Å². The zero-order valence-electron chi connectivity index (χ0n) is 21.8. The molecule has 0 unspecified atom stereocenters. The Hall–Kier alpha value is -3.21. The molecule has 1 fully saturated rings. The number of piperidine rings is 1. The van der Waals surface area contributed by atoms with Crippen LogP contribution in [0.2, 0.25) is 0 Å². The Morgan fingerprint density at radius 3 is 2.46 bits per heavy atom. The lowest BCUT2D eigenvalue weighted by atomic mass is 9.73. The number of likely N-dealkylation sites (tertiary alicyclic amines) is 1. The Bertz CT molecular complexity index is 1300. The minimum Gasteiger partial charge on any atom is -0.497 e. The average molecular weight is 547 g/mol. The first-order valence-corrected chi connectivity index (χ1v) is 13.0. The Labute approximate surface area is 224 Å². The second-order valence-electron chi connectivity index (χ2n) is 10.2. The maximum Gasteiger partial charge on any atom is 0.309 e. The van der Waals surface area contributed by atoms with E-state index in [9.17, 15) is 33.3 Å². The first-order chi connectivity index (χ1) is 18.7. The Morgan fingerprint density at radius 2 is 1.85 bits per heavy atom. The number of aliphatic hydroxyl groups is 2. The zero-order chi connectivity index (χ0) is 28.2. The van der Waals surface area contributed by atoms with Gasteiger partial charge in [-0.15, -0.1) is 0 Å². The van der Waals surface area contributed by atoms with Crippen molar-refractivity contribution in [2.45, 2.75) is 51.2 Å². The Balaban J connectivity index is 1.38. The van der Waals surface area contributed by atoms with Crippen LogP contribution < -0.4 is 4.74 Å². The van der Waals surface area contributed by atoms with Gasteiger partial charge in [-0.3, -0.25) is 9.78 Å². The van der Waals surface area contributed by atoms with Crippen molar-refractivity contribution in [3.8, 4) is 5.75 Å². The number of aromatic nitrogens is 1. The van der Waals surface area contributed by atoms with Crippen LogP contribution in [0.25, 0.3) is 10.9 Å². The lowest BCUT2D eigenvalue weighted by Gasteiger charge is -2.39. The lowest BCUT2D eigenvalue weighted by Crippen LogP contribution is -2.44. The van der Waals surface area contributed by atoms with Gasteiger partial charge in [0.25, 0.3) is 0 Å². The van der Waals surface area contributed by atoms with E-state index in [1.165, 1.54) is 13.3 Å². The van der Waals surface area contributed by atoms with Gasteiger partial charge >= 0.3 is 5.97 Å². The van der Waals surface area contributed by atoms with Crippen molar-refractivity contribution in [3.63, 3.8) is 0 Å². The van der Waals surface area contributed by atoms with Crippen LogP contribution in [0.1, 0.15) is 54.9 Å². The largest absolute Gasteiger partial charge is 0.497 e. The summed E-state index contributed by atoms with van der Waals surface area (Å²) in [5.74, 6) is -4.22. The summed E-state index contributed by atoms with van der Waals surface area (Å²) in [6.45, 7) is 1.37.